The van der Waals surface area contributed by atoms with Gasteiger partial charge in [0, 0.05) is 6.54 Å². The van der Waals surface area contributed by atoms with Crippen LogP contribution < -0.4 is 0 Å². The van der Waals surface area contributed by atoms with Crippen LogP contribution in [0.4, 0.5) is 0 Å². The standard InChI is InChI=1S/C17H29NO.C6H6O2/c1-16(2,3)13-9-12(11-18(7)8)10-14(15(13)19)17(4,5)6;7-5-3-1-2-4-6(5)8/h9-10,19H,11H2,1-8H3;1-4,7-8H. The van der Waals surface area contributed by atoms with Gasteiger partial charge in [0.05, 0.1) is 0 Å². The van der Waals surface area contributed by atoms with Crippen LogP contribution in [0.2, 0.25) is 0 Å². The van der Waals surface area contributed by atoms with Crippen LogP contribution in [0, 0.1) is 0 Å². The number of aromatic hydroxyl groups is 3. The first-order valence-electron chi connectivity index (χ1n) is 9.22. The van der Waals surface area contributed by atoms with Gasteiger partial charge < -0.3 is 20.2 Å². The molecule has 0 saturated carbocycles. The van der Waals surface area contributed by atoms with Gasteiger partial charge >= 0.3 is 0 Å². The summed E-state index contributed by atoms with van der Waals surface area (Å²) in [5, 5.41) is 27.9. The summed E-state index contributed by atoms with van der Waals surface area (Å²) in [5.74, 6) is 0.308. The number of rotatable bonds is 2. The lowest BCUT2D eigenvalue weighted by Crippen LogP contribution is -2.19. The molecular formula is C23H35NO3. The number of phenolic OH excluding ortho intramolecular Hbond substituents is 3. The Bertz CT molecular complexity index is 697. The number of hydrogen-bond acceptors (Lipinski definition) is 4. The molecule has 0 aliphatic rings. The second-order valence-electron chi connectivity index (χ2n) is 9.27. The molecule has 27 heavy (non-hydrogen) atoms. The van der Waals surface area contributed by atoms with Crippen LogP contribution in [0.15, 0.2) is 36.4 Å². The van der Waals surface area contributed by atoms with E-state index in [4.69, 9.17) is 10.2 Å². The van der Waals surface area contributed by atoms with E-state index in [1.807, 2.05) is 0 Å². The van der Waals surface area contributed by atoms with Crippen molar-refractivity contribution in [2.75, 3.05) is 14.1 Å². The molecule has 0 heterocycles. The zero-order valence-electron chi connectivity index (χ0n) is 18.0. The van der Waals surface area contributed by atoms with Crippen molar-refractivity contribution in [3.63, 3.8) is 0 Å². The predicted molar refractivity (Wildman–Crippen MR) is 113 cm³/mol. The van der Waals surface area contributed by atoms with Gasteiger partial charge in [-0.3, -0.25) is 0 Å². The fraction of sp³-hybridized carbons (Fsp3) is 0.478. The quantitative estimate of drug-likeness (QED) is 0.637. The van der Waals surface area contributed by atoms with Gasteiger partial charge in [0.1, 0.15) is 5.75 Å². The summed E-state index contributed by atoms with van der Waals surface area (Å²) < 4.78 is 0. The molecule has 2 rings (SSSR count). The Hall–Kier alpha value is -2.20. The Morgan fingerprint density at radius 2 is 1.11 bits per heavy atom. The van der Waals surface area contributed by atoms with Crippen molar-refractivity contribution in [3.8, 4) is 17.2 Å². The molecule has 0 atom stereocenters. The number of nitrogens with zero attached hydrogens (tertiary/aromatic N) is 1. The Balaban J connectivity index is 0.000000377. The molecule has 0 unspecified atom stereocenters. The third kappa shape index (κ3) is 6.79. The SMILES string of the molecule is CN(C)Cc1cc(C(C)(C)C)c(O)c(C(C)(C)C)c1.Oc1ccccc1O. The average Bonchev–Trinajstić information content (AvgIpc) is 2.50. The second kappa shape index (κ2) is 8.66. The Morgan fingerprint density at radius 1 is 0.741 bits per heavy atom. The summed E-state index contributed by atoms with van der Waals surface area (Å²) in [6.07, 6.45) is 0. The van der Waals surface area contributed by atoms with Crippen LogP contribution in [0.3, 0.4) is 0 Å². The summed E-state index contributed by atoms with van der Waals surface area (Å²) in [6, 6.07) is 10.4. The van der Waals surface area contributed by atoms with E-state index in [-0.39, 0.29) is 22.3 Å². The van der Waals surface area contributed by atoms with Gasteiger partial charge in [-0.2, -0.15) is 0 Å². The van der Waals surface area contributed by atoms with Crippen molar-refractivity contribution < 1.29 is 15.3 Å². The Labute approximate surface area is 164 Å². The maximum Gasteiger partial charge on any atom is 0.157 e. The zero-order chi connectivity index (χ0) is 21.0. The van der Waals surface area contributed by atoms with Crippen LogP contribution in [-0.4, -0.2) is 34.3 Å². The first-order chi connectivity index (χ1) is 12.2. The van der Waals surface area contributed by atoms with Crippen LogP contribution in [-0.2, 0) is 17.4 Å². The largest absolute Gasteiger partial charge is 0.507 e. The van der Waals surface area contributed by atoms with Crippen LogP contribution in [0.1, 0.15) is 58.2 Å². The number of phenols is 3. The fourth-order valence-corrected chi connectivity index (χ4v) is 2.76. The molecule has 0 aliphatic carbocycles. The average molecular weight is 374 g/mol. The summed E-state index contributed by atoms with van der Waals surface area (Å²) in [6.45, 7) is 13.8. The fourth-order valence-electron chi connectivity index (χ4n) is 2.76. The van der Waals surface area contributed by atoms with Crippen molar-refractivity contribution in [1.82, 2.24) is 4.90 Å². The van der Waals surface area contributed by atoms with Crippen molar-refractivity contribution >= 4 is 0 Å². The normalized spacial score (nSPS) is 11.9. The molecule has 0 bridgehead atoms. The van der Waals surface area contributed by atoms with Crippen molar-refractivity contribution in [2.24, 2.45) is 0 Å². The molecule has 0 spiro atoms. The number of hydrogen-bond donors (Lipinski definition) is 3. The molecule has 0 saturated heterocycles. The van der Waals surface area contributed by atoms with E-state index in [0.717, 1.165) is 17.7 Å². The van der Waals surface area contributed by atoms with Crippen molar-refractivity contribution in [2.45, 2.75) is 58.9 Å². The summed E-state index contributed by atoms with van der Waals surface area (Å²) in [7, 11) is 4.14. The molecule has 0 radical (unpaired) electrons. The molecule has 4 nitrogen and oxygen atoms in total. The van der Waals surface area contributed by atoms with Gasteiger partial charge in [0.25, 0.3) is 0 Å². The van der Waals surface area contributed by atoms with Gasteiger partial charge in [-0.15, -0.1) is 0 Å². The first kappa shape index (κ1) is 22.8. The van der Waals surface area contributed by atoms with Gasteiger partial charge in [0.15, 0.2) is 11.5 Å². The molecule has 4 heteroatoms. The van der Waals surface area contributed by atoms with Crippen molar-refractivity contribution in [1.29, 1.82) is 0 Å². The van der Waals surface area contributed by atoms with Gasteiger partial charge in [-0.1, -0.05) is 65.8 Å². The predicted octanol–water partition coefficient (Wildman–Crippen LogP) is 5.15. The molecule has 0 aliphatic heterocycles. The lowest BCUT2D eigenvalue weighted by molar-refractivity contribution is 0.395. The minimum absolute atomic E-state index is 0.0492. The molecule has 0 fully saturated rings. The van der Waals surface area contributed by atoms with Crippen LogP contribution in [0.5, 0.6) is 17.2 Å². The van der Waals surface area contributed by atoms with Gasteiger partial charge in [-0.25, -0.2) is 0 Å². The smallest absolute Gasteiger partial charge is 0.157 e. The van der Waals surface area contributed by atoms with E-state index in [1.54, 1.807) is 12.1 Å². The van der Waals surface area contributed by atoms with E-state index in [2.05, 4.69) is 72.7 Å². The molecule has 3 N–H and O–H groups in total. The van der Waals surface area contributed by atoms with E-state index in [9.17, 15) is 5.11 Å². The molecule has 0 aromatic heterocycles. The lowest BCUT2D eigenvalue weighted by atomic mass is 9.78. The highest BCUT2D eigenvalue weighted by molar-refractivity contribution is 5.49. The Morgan fingerprint density at radius 3 is 1.37 bits per heavy atom. The highest BCUT2D eigenvalue weighted by Crippen LogP contribution is 2.39. The lowest BCUT2D eigenvalue weighted by Gasteiger charge is -2.28. The van der Waals surface area contributed by atoms with E-state index < -0.39 is 0 Å². The molecule has 2 aromatic rings. The van der Waals surface area contributed by atoms with Gasteiger partial charge in [-0.05, 0) is 53.7 Å². The monoisotopic (exact) mass is 373 g/mol. The van der Waals surface area contributed by atoms with E-state index in [1.165, 1.54) is 17.7 Å². The highest BCUT2D eigenvalue weighted by atomic mass is 16.3. The highest BCUT2D eigenvalue weighted by Gasteiger charge is 2.26. The summed E-state index contributed by atoms with van der Waals surface area (Å²) >= 11 is 0. The van der Waals surface area contributed by atoms with Crippen LogP contribution >= 0.6 is 0 Å². The second-order valence-corrected chi connectivity index (χ2v) is 9.27. The minimum atomic E-state index is -0.0764. The first-order valence-corrected chi connectivity index (χ1v) is 9.22. The van der Waals surface area contributed by atoms with E-state index >= 15 is 0 Å². The van der Waals surface area contributed by atoms with Crippen LogP contribution in [0.25, 0.3) is 0 Å². The number of para-hydroxylation sites is 2. The third-order valence-electron chi connectivity index (χ3n) is 4.17. The summed E-state index contributed by atoms with van der Waals surface area (Å²) in [5.41, 5.74) is 3.24. The Kier molecular flexibility index (Phi) is 7.32. The third-order valence-corrected chi connectivity index (χ3v) is 4.17. The van der Waals surface area contributed by atoms with E-state index in [0.29, 0.717) is 5.75 Å². The minimum Gasteiger partial charge on any atom is -0.507 e. The summed E-state index contributed by atoms with van der Waals surface area (Å²) in [4.78, 5) is 2.16. The molecule has 0 amide bonds. The molecular weight excluding hydrogens is 338 g/mol. The van der Waals surface area contributed by atoms with Crippen molar-refractivity contribution in [3.05, 3.63) is 53.1 Å². The molecule has 2 aromatic carbocycles. The maximum absolute atomic E-state index is 10.6. The number of benzene rings is 2. The topological polar surface area (TPSA) is 63.9 Å². The molecule has 150 valence electrons. The zero-order valence-corrected chi connectivity index (χ0v) is 18.0. The maximum atomic E-state index is 10.6. The van der Waals surface area contributed by atoms with Gasteiger partial charge in [0.2, 0.25) is 0 Å².